The summed E-state index contributed by atoms with van der Waals surface area (Å²) in [6, 6.07) is 13.9. The summed E-state index contributed by atoms with van der Waals surface area (Å²) in [5, 5.41) is 3.39. The maximum absolute atomic E-state index is 12.6. The lowest BCUT2D eigenvalue weighted by molar-refractivity contribution is 0.0923. The maximum Gasteiger partial charge on any atom is 0.270 e. The molecule has 2 aromatic rings. The van der Waals surface area contributed by atoms with E-state index >= 15 is 0 Å². The Kier molecular flexibility index (Phi) is 4.45. The van der Waals surface area contributed by atoms with Gasteiger partial charge in [0.2, 0.25) is 0 Å². The number of rotatable bonds is 3. The van der Waals surface area contributed by atoms with E-state index in [1.54, 1.807) is 18.2 Å². The zero-order chi connectivity index (χ0) is 18.3. The number of benzene rings is 1. The number of nitrogens with one attached hydrogen (secondary N) is 1. The van der Waals surface area contributed by atoms with Crippen molar-refractivity contribution in [1.29, 1.82) is 0 Å². The summed E-state index contributed by atoms with van der Waals surface area (Å²) in [4.78, 5) is 19.8. The van der Waals surface area contributed by atoms with Crippen LogP contribution in [0.1, 0.15) is 47.4 Å². The minimum Gasteiger partial charge on any atom is -0.357 e. The van der Waals surface area contributed by atoms with Crippen molar-refractivity contribution in [2.75, 3.05) is 6.54 Å². The van der Waals surface area contributed by atoms with Crippen LogP contribution in [0, 0.1) is 0 Å². The Hall–Kier alpha value is -1.98. The molecule has 1 aromatic carbocycles. The third-order valence-electron chi connectivity index (χ3n) is 5.40. The molecule has 1 aromatic heterocycles. The molecular weight excluding hydrogens is 366 g/mol. The lowest BCUT2D eigenvalue weighted by Crippen LogP contribution is -2.51. The Labute approximate surface area is 163 Å². The third kappa shape index (κ3) is 2.99. The van der Waals surface area contributed by atoms with Crippen LogP contribution in [0.3, 0.4) is 0 Å². The topological polar surface area (TPSA) is 45.2 Å². The molecule has 1 N–H and O–H groups in total. The van der Waals surface area contributed by atoms with Crippen LogP contribution in [0.2, 0.25) is 5.15 Å². The second kappa shape index (κ2) is 6.63. The number of amides is 1. The van der Waals surface area contributed by atoms with Crippen molar-refractivity contribution in [3.63, 3.8) is 0 Å². The molecule has 2 atom stereocenters. The van der Waals surface area contributed by atoms with Crippen molar-refractivity contribution in [1.82, 2.24) is 15.2 Å². The highest BCUT2D eigenvalue weighted by Gasteiger charge is 2.44. The molecule has 0 bridgehead atoms. The van der Waals surface area contributed by atoms with E-state index in [-0.39, 0.29) is 5.91 Å². The number of hydrogen-bond acceptors (Lipinski definition) is 3. The minimum absolute atomic E-state index is 0.244. The van der Waals surface area contributed by atoms with Crippen LogP contribution in [0.4, 0.5) is 0 Å². The summed E-state index contributed by atoms with van der Waals surface area (Å²) < 4.78 is 0. The van der Waals surface area contributed by atoms with Gasteiger partial charge in [0.05, 0.1) is 11.6 Å². The van der Waals surface area contributed by atoms with Crippen LogP contribution >= 0.6 is 23.8 Å². The Balaban J connectivity index is 1.52. The van der Waals surface area contributed by atoms with Crippen molar-refractivity contribution in [3.8, 4) is 0 Å². The molecule has 1 amide bonds. The lowest BCUT2D eigenvalue weighted by Gasteiger charge is -2.31. The molecule has 1 aliphatic heterocycles. The molecule has 2 unspecified atom stereocenters. The number of halogens is 1. The van der Waals surface area contributed by atoms with Gasteiger partial charge in [0.15, 0.2) is 0 Å². The van der Waals surface area contributed by atoms with Crippen LogP contribution in [-0.2, 0) is 6.42 Å². The van der Waals surface area contributed by atoms with E-state index in [2.05, 4.69) is 39.5 Å². The van der Waals surface area contributed by atoms with Crippen molar-refractivity contribution >= 4 is 34.7 Å². The monoisotopic (exact) mass is 385 g/mol. The smallest absolute Gasteiger partial charge is 0.270 e. The van der Waals surface area contributed by atoms with E-state index in [1.165, 1.54) is 11.1 Å². The number of hydrogen-bond donors (Lipinski definition) is 1. The largest absolute Gasteiger partial charge is 0.357 e. The Morgan fingerprint density at radius 2 is 2.12 bits per heavy atom. The van der Waals surface area contributed by atoms with E-state index in [9.17, 15) is 4.79 Å². The fraction of sp³-hybridized carbons (Fsp3) is 0.350. The highest BCUT2D eigenvalue weighted by atomic mass is 35.5. The number of carbonyl (C=O) groups is 1. The molecule has 1 aliphatic carbocycles. The van der Waals surface area contributed by atoms with E-state index in [0.717, 1.165) is 30.8 Å². The molecule has 6 heteroatoms. The number of nitrogens with zero attached hydrogens (tertiary/aromatic N) is 2. The van der Waals surface area contributed by atoms with Gasteiger partial charge in [-0.1, -0.05) is 54.2 Å². The van der Waals surface area contributed by atoms with Crippen molar-refractivity contribution in [2.45, 2.75) is 37.8 Å². The molecule has 26 heavy (non-hydrogen) atoms. The van der Waals surface area contributed by atoms with Gasteiger partial charge >= 0.3 is 0 Å². The molecule has 1 saturated heterocycles. The zero-order valence-electron chi connectivity index (χ0n) is 14.5. The highest BCUT2D eigenvalue weighted by molar-refractivity contribution is 7.80. The second-order valence-electron chi connectivity index (χ2n) is 7.13. The molecule has 0 spiro atoms. The van der Waals surface area contributed by atoms with Gasteiger partial charge in [0.1, 0.15) is 15.8 Å². The summed E-state index contributed by atoms with van der Waals surface area (Å²) in [6.07, 6.45) is 2.94. The van der Waals surface area contributed by atoms with Crippen LogP contribution in [0.5, 0.6) is 0 Å². The van der Waals surface area contributed by atoms with E-state index in [4.69, 9.17) is 23.8 Å². The molecule has 0 radical (unpaired) electrons. The summed E-state index contributed by atoms with van der Waals surface area (Å²) >= 11 is 11.7. The van der Waals surface area contributed by atoms with Gasteiger partial charge in [-0.3, -0.25) is 4.79 Å². The predicted octanol–water partition coefficient (Wildman–Crippen LogP) is 3.94. The fourth-order valence-electron chi connectivity index (χ4n) is 3.99. The van der Waals surface area contributed by atoms with Gasteiger partial charge in [-0.25, -0.2) is 4.98 Å². The maximum atomic E-state index is 12.6. The van der Waals surface area contributed by atoms with Crippen LogP contribution in [-0.4, -0.2) is 32.9 Å². The number of likely N-dealkylation sites (tertiary alicyclic amines) is 1. The number of pyridine rings is 1. The van der Waals surface area contributed by atoms with E-state index < -0.39 is 5.54 Å². The van der Waals surface area contributed by atoms with Crippen molar-refractivity contribution in [2.24, 2.45) is 0 Å². The van der Waals surface area contributed by atoms with Crippen LogP contribution < -0.4 is 5.32 Å². The second-order valence-corrected chi connectivity index (χ2v) is 7.91. The fourth-order valence-corrected chi connectivity index (χ4v) is 4.53. The molecule has 1 fully saturated rings. The molecule has 4 nitrogen and oxygen atoms in total. The van der Waals surface area contributed by atoms with Crippen molar-refractivity contribution < 1.29 is 4.79 Å². The van der Waals surface area contributed by atoms with Gasteiger partial charge in [-0.05, 0) is 49.4 Å². The van der Waals surface area contributed by atoms with Gasteiger partial charge in [-0.15, -0.1) is 0 Å². The highest BCUT2D eigenvalue weighted by Crippen LogP contribution is 2.40. The van der Waals surface area contributed by atoms with Gasteiger partial charge in [0, 0.05) is 6.54 Å². The lowest BCUT2D eigenvalue weighted by atomic mass is 10.0. The summed E-state index contributed by atoms with van der Waals surface area (Å²) in [7, 11) is 0. The van der Waals surface area contributed by atoms with Gasteiger partial charge < -0.3 is 10.2 Å². The standard InChI is InChI=1S/C20H20ClN3OS/c1-20(23-18(25)15-7-4-8-17(21)22-15)11-12-24(19(20)26)16-10-9-13-5-2-3-6-14(13)16/h2-8,16H,9-12H2,1H3,(H,23,25). The minimum atomic E-state index is -0.548. The average Bonchev–Trinajstić information content (AvgIpc) is 3.17. The first-order valence-corrected chi connectivity index (χ1v) is 9.60. The number of thiocarbonyl (C=S) groups is 1. The number of aryl methyl sites for hydroxylation is 1. The summed E-state index contributed by atoms with van der Waals surface area (Å²) in [5.41, 5.74) is 2.53. The zero-order valence-corrected chi connectivity index (χ0v) is 16.1. The first-order valence-electron chi connectivity index (χ1n) is 8.82. The number of fused-ring (bicyclic) bond motifs is 1. The predicted molar refractivity (Wildman–Crippen MR) is 107 cm³/mol. The average molecular weight is 386 g/mol. The van der Waals surface area contributed by atoms with E-state index in [0.29, 0.717) is 16.9 Å². The summed E-state index contributed by atoms with van der Waals surface area (Å²) in [5.74, 6) is -0.244. The number of aromatic nitrogens is 1. The molecule has 2 aliphatic rings. The van der Waals surface area contributed by atoms with Crippen LogP contribution in [0.25, 0.3) is 0 Å². The number of carbonyl (C=O) groups excluding carboxylic acids is 1. The molecular formula is C20H20ClN3OS. The molecule has 4 rings (SSSR count). The third-order valence-corrected chi connectivity index (χ3v) is 6.30. The Bertz CT molecular complexity index is 887. The first kappa shape index (κ1) is 17.4. The molecule has 2 heterocycles. The van der Waals surface area contributed by atoms with Crippen molar-refractivity contribution in [3.05, 3.63) is 64.4 Å². The first-order chi connectivity index (χ1) is 12.5. The Morgan fingerprint density at radius 3 is 2.92 bits per heavy atom. The summed E-state index contributed by atoms with van der Waals surface area (Å²) in [6.45, 7) is 2.84. The SMILES string of the molecule is CC1(NC(=O)c2cccc(Cl)n2)CCN(C2CCc3ccccc32)C1=S. The van der Waals surface area contributed by atoms with Gasteiger partial charge in [0.25, 0.3) is 5.91 Å². The van der Waals surface area contributed by atoms with Gasteiger partial charge in [-0.2, -0.15) is 0 Å². The van der Waals surface area contributed by atoms with E-state index in [1.807, 2.05) is 6.92 Å². The quantitative estimate of drug-likeness (QED) is 0.642. The molecule has 0 saturated carbocycles. The molecule has 134 valence electrons. The Morgan fingerprint density at radius 1 is 1.31 bits per heavy atom. The van der Waals surface area contributed by atoms with Crippen LogP contribution in [0.15, 0.2) is 42.5 Å². The normalized spacial score (nSPS) is 24.6.